The number of H-pyrrole nitrogens is 1. The third-order valence-corrected chi connectivity index (χ3v) is 2.53. The number of nitro benzene ring substituents is 1. The molecule has 5 nitrogen and oxygen atoms in total. The predicted octanol–water partition coefficient (Wildman–Crippen LogP) is 3.11. The topological polar surface area (TPSA) is 71.8 Å². The Morgan fingerprint density at radius 3 is 2.41 bits per heavy atom. The van der Waals surface area contributed by atoms with E-state index in [0.717, 1.165) is 17.1 Å². The van der Waals surface area contributed by atoms with Crippen molar-refractivity contribution in [3.05, 3.63) is 46.4 Å². The minimum atomic E-state index is -0.406. The number of imidazole rings is 1. The predicted molar refractivity (Wildman–Crippen MR) is 64.8 cm³/mol. The standard InChI is InChI=1S/C12H13N3O2/c1-8(2)12-13-7-11(14-12)9-3-5-10(6-4-9)15(16)17/h3-8H,1-2H3,(H,13,14). The summed E-state index contributed by atoms with van der Waals surface area (Å²) in [5.74, 6) is 1.25. The highest BCUT2D eigenvalue weighted by Crippen LogP contribution is 2.22. The van der Waals surface area contributed by atoms with Crippen LogP contribution in [-0.4, -0.2) is 14.9 Å². The monoisotopic (exact) mass is 231 g/mol. The van der Waals surface area contributed by atoms with Crippen LogP contribution in [0.2, 0.25) is 0 Å². The molecule has 2 rings (SSSR count). The van der Waals surface area contributed by atoms with Crippen molar-refractivity contribution in [3.63, 3.8) is 0 Å². The number of benzene rings is 1. The summed E-state index contributed by atoms with van der Waals surface area (Å²) >= 11 is 0. The van der Waals surface area contributed by atoms with Crippen molar-refractivity contribution < 1.29 is 4.92 Å². The van der Waals surface area contributed by atoms with Crippen molar-refractivity contribution in [2.75, 3.05) is 0 Å². The molecule has 0 aliphatic carbocycles. The van der Waals surface area contributed by atoms with Gasteiger partial charge in [0, 0.05) is 23.6 Å². The molecule has 5 heteroatoms. The summed E-state index contributed by atoms with van der Waals surface area (Å²) in [4.78, 5) is 17.6. The minimum Gasteiger partial charge on any atom is -0.342 e. The molecule has 1 aromatic carbocycles. The molecule has 0 radical (unpaired) electrons. The van der Waals surface area contributed by atoms with Gasteiger partial charge in [-0.15, -0.1) is 0 Å². The Bertz CT molecular complexity index is 529. The van der Waals surface area contributed by atoms with Crippen LogP contribution in [0.15, 0.2) is 30.5 Å². The molecule has 2 aromatic rings. The fourth-order valence-electron chi connectivity index (χ4n) is 1.54. The number of nitro groups is 1. The second-order valence-electron chi connectivity index (χ2n) is 4.14. The fourth-order valence-corrected chi connectivity index (χ4v) is 1.54. The SMILES string of the molecule is CC(C)c1ncc(-c2ccc([N+](=O)[O-])cc2)[nH]1. The molecule has 0 aliphatic heterocycles. The molecule has 0 unspecified atom stereocenters. The van der Waals surface area contributed by atoms with E-state index in [1.165, 1.54) is 12.1 Å². The Morgan fingerprint density at radius 1 is 1.29 bits per heavy atom. The van der Waals surface area contributed by atoms with Crippen LogP contribution in [0.25, 0.3) is 11.3 Å². The summed E-state index contributed by atoms with van der Waals surface area (Å²) in [6.45, 7) is 4.11. The van der Waals surface area contributed by atoms with Gasteiger partial charge in [-0.05, 0) is 12.1 Å². The zero-order chi connectivity index (χ0) is 12.4. The molecular formula is C12H13N3O2. The quantitative estimate of drug-likeness (QED) is 0.651. The Kier molecular flexibility index (Phi) is 2.91. The van der Waals surface area contributed by atoms with Gasteiger partial charge in [0.2, 0.25) is 0 Å². The van der Waals surface area contributed by atoms with E-state index in [2.05, 4.69) is 23.8 Å². The maximum Gasteiger partial charge on any atom is 0.269 e. The minimum absolute atomic E-state index is 0.0948. The number of hydrogen-bond acceptors (Lipinski definition) is 3. The van der Waals surface area contributed by atoms with Gasteiger partial charge in [0.05, 0.1) is 16.8 Å². The number of nitrogens with zero attached hydrogens (tertiary/aromatic N) is 2. The molecule has 0 fully saturated rings. The van der Waals surface area contributed by atoms with Gasteiger partial charge >= 0.3 is 0 Å². The number of hydrogen-bond donors (Lipinski definition) is 1. The number of nitrogens with one attached hydrogen (secondary N) is 1. The Hall–Kier alpha value is -2.17. The third kappa shape index (κ3) is 2.33. The van der Waals surface area contributed by atoms with Crippen LogP contribution in [0.1, 0.15) is 25.6 Å². The van der Waals surface area contributed by atoms with Crippen molar-refractivity contribution in [1.82, 2.24) is 9.97 Å². The maximum atomic E-state index is 10.5. The second-order valence-corrected chi connectivity index (χ2v) is 4.14. The lowest BCUT2D eigenvalue weighted by Crippen LogP contribution is -1.90. The van der Waals surface area contributed by atoms with Gasteiger partial charge in [-0.1, -0.05) is 13.8 Å². The van der Waals surface area contributed by atoms with Crippen molar-refractivity contribution in [3.8, 4) is 11.3 Å². The van der Waals surface area contributed by atoms with E-state index < -0.39 is 4.92 Å². The van der Waals surface area contributed by atoms with E-state index in [1.54, 1.807) is 18.3 Å². The van der Waals surface area contributed by atoms with E-state index >= 15 is 0 Å². The van der Waals surface area contributed by atoms with E-state index in [0.29, 0.717) is 5.92 Å². The number of non-ortho nitro benzene ring substituents is 1. The molecular weight excluding hydrogens is 218 g/mol. The first kappa shape index (κ1) is 11.3. The first-order valence-corrected chi connectivity index (χ1v) is 5.37. The van der Waals surface area contributed by atoms with Crippen LogP contribution in [-0.2, 0) is 0 Å². The van der Waals surface area contributed by atoms with E-state index in [9.17, 15) is 10.1 Å². The first-order chi connectivity index (χ1) is 8.08. The highest BCUT2D eigenvalue weighted by molar-refractivity contribution is 5.60. The second kappa shape index (κ2) is 4.37. The summed E-state index contributed by atoms with van der Waals surface area (Å²) in [7, 11) is 0. The average molecular weight is 231 g/mol. The summed E-state index contributed by atoms with van der Waals surface area (Å²) < 4.78 is 0. The van der Waals surface area contributed by atoms with Crippen LogP contribution in [0.5, 0.6) is 0 Å². The largest absolute Gasteiger partial charge is 0.342 e. The Balaban J connectivity index is 2.30. The smallest absolute Gasteiger partial charge is 0.269 e. The summed E-state index contributed by atoms with van der Waals surface area (Å²) in [6, 6.07) is 6.42. The van der Waals surface area contributed by atoms with Crippen molar-refractivity contribution >= 4 is 5.69 Å². The van der Waals surface area contributed by atoms with Gasteiger partial charge < -0.3 is 4.98 Å². The molecule has 17 heavy (non-hydrogen) atoms. The molecule has 0 atom stereocenters. The van der Waals surface area contributed by atoms with E-state index in [1.807, 2.05) is 0 Å². The van der Waals surface area contributed by atoms with Gasteiger partial charge in [0.1, 0.15) is 5.82 Å². The van der Waals surface area contributed by atoms with E-state index in [-0.39, 0.29) is 5.69 Å². The zero-order valence-electron chi connectivity index (χ0n) is 9.68. The molecule has 0 spiro atoms. The normalized spacial score (nSPS) is 10.8. The van der Waals surface area contributed by atoms with Gasteiger partial charge in [-0.2, -0.15) is 0 Å². The zero-order valence-corrected chi connectivity index (χ0v) is 9.68. The number of rotatable bonds is 3. The third-order valence-electron chi connectivity index (χ3n) is 2.53. The van der Waals surface area contributed by atoms with Crippen LogP contribution >= 0.6 is 0 Å². The molecule has 1 heterocycles. The Labute approximate surface area is 98.7 Å². The molecule has 1 aromatic heterocycles. The lowest BCUT2D eigenvalue weighted by atomic mass is 10.1. The molecule has 0 aliphatic rings. The lowest BCUT2D eigenvalue weighted by Gasteiger charge is -1.99. The highest BCUT2D eigenvalue weighted by Gasteiger charge is 2.08. The van der Waals surface area contributed by atoms with Gasteiger partial charge in [-0.3, -0.25) is 10.1 Å². The summed E-state index contributed by atoms with van der Waals surface area (Å²) in [5, 5.41) is 10.5. The fraction of sp³-hybridized carbons (Fsp3) is 0.250. The highest BCUT2D eigenvalue weighted by atomic mass is 16.6. The van der Waals surface area contributed by atoms with Gasteiger partial charge in [-0.25, -0.2) is 4.98 Å². The molecule has 0 saturated carbocycles. The maximum absolute atomic E-state index is 10.5. The van der Waals surface area contributed by atoms with E-state index in [4.69, 9.17) is 0 Å². The summed E-state index contributed by atoms with van der Waals surface area (Å²) in [5.41, 5.74) is 1.87. The Morgan fingerprint density at radius 2 is 1.94 bits per heavy atom. The average Bonchev–Trinajstić information content (AvgIpc) is 2.78. The van der Waals surface area contributed by atoms with Crippen LogP contribution < -0.4 is 0 Å². The molecule has 88 valence electrons. The van der Waals surface area contributed by atoms with Crippen LogP contribution in [0.4, 0.5) is 5.69 Å². The molecule has 0 bridgehead atoms. The molecule has 1 N–H and O–H groups in total. The van der Waals surface area contributed by atoms with Gasteiger partial charge in [0.15, 0.2) is 0 Å². The first-order valence-electron chi connectivity index (χ1n) is 5.37. The molecule has 0 amide bonds. The van der Waals surface area contributed by atoms with Crippen molar-refractivity contribution in [1.29, 1.82) is 0 Å². The molecule has 0 saturated heterocycles. The van der Waals surface area contributed by atoms with Gasteiger partial charge in [0.25, 0.3) is 5.69 Å². The summed E-state index contributed by atoms with van der Waals surface area (Å²) in [6.07, 6.45) is 1.75. The number of aromatic amines is 1. The van der Waals surface area contributed by atoms with Crippen LogP contribution in [0, 0.1) is 10.1 Å². The van der Waals surface area contributed by atoms with Crippen LogP contribution in [0.3, 0.4) is 0 Å². The lowest BCUT2D eigenvalue weighted by molar-refractivity contribution is -0.384. The van der Waals surface area contributed by atoms with Crippen molar-refractivity contribution in [2.45, 2.75) is 19.8 Å². The number of aromatic nitrogens is 2. The van der Waals surface area contributed by atoms with Crippen molar-refractivity contribution in [2.24, 2.45) is 0 Å².